The summed E-state index contributed by atoms with van der Waals surface area (Å²) in [6, 6.07) is 25.5. The van der Waals surface area contributed by atoms with Gasteiger partial charge in [0, 0.05) is 43.9 Å². The van der Waals surface area contributed by atoms with Crippen molar-refractivity contribution in [2.75, 3.05) is 18.4 Å². The lowest BCUT2D eigenvalue weighted by atomic mass is 10.0. The molecule has 5 rings (SSSR count). The van der Waals surface area contributed by atoms with Crippen LogP contribution in [-0.4, -0.2) is 56.1 Å². The predicted molar refractivity (Wildman–Crippen MR) is 153 cm³/mol. The third-order valence-electron chi connectivity index (χ3n) is 6.86. The number of hydrogen-bond donors (Lipinski definition) is 1. The number of carbonyl (C=O) groups excluding carboxylic acids is 2. The average molecular weight is 544 g/mol. The van der Waals surface area contributed by atoms with Crippen molar-refractivity contribution in [2.45, 2.75) is 37.1 Å². The Morgan fingerprint density at radius 1 is 0.974 bits per heavy atom. The summed E-state index contributed by atoms with van der Waals surface area (Å²) in [4.78, 5) is 46.3. The molecule has 0 radical (unpaired) electrons. The number of amides is 2. The second-order valence-corrected chi connectivity index (χ2v) is 10.7. The van der Waals surface area contributed by atoms with Gasteiger partial charge in [0.1, 0.15) is 10.9 Å². The fraction of sp³-hybridized carbons (Fsp3) is 0.276. The quantitative estimate of drug-likeness (QED) is 0.308. The van der Waals surface area contributed by atoms with Gasteiger partial charge in [0.2, 0.25) is 11.8 Å². The number of nitrogens with one attached hydrogen (secondary N) is 1. The van der Waals surface area contributed by atoms with Gasteiger partial charge in [-0.15, -0.1) is 0 Å². The van der Waals surface area contributed by atoms with E-state index in [0.717, 1.165) is 32.5 Å². The number of carbonyl (C=O) groups is 2. The fourth-order valence-corrected chi connectivity index (χ4v) is 6.13. The molecule has 0 saturated carbocycles. The minimum absolute atomic E-state index is 0.0162. The van der Waals surface area contributed by atoms with E-state index < -0.39 is 10.2 Å². The van der Waals surface area contributed by atoms with E-state index in [4.69, 9.17) is 0 Å². The van der Waals surface area contributed by atoms with Gasteiger partial charge in [-0.05, 0) is 36.6 Å². The van der Waals surface area contributed by atoms with Gasteiger partial charge in [0.15, 0.2) is 5.17 Å². The van der Waals surface area contributed by atoms with Crippen molar-refractivity contribution in [3.63, 3.8) is 0 Å². The molecule has 2 fully saturated rings. The van der Waals surface area contributed by atoms with Crippen LogP contribution in [0, 0.1) is 10.1 Å². The van der Waals surface area contributed by atoms with E-state index >= 15 is 0 Å². The lowest BCUT2D eigenvalue weighted by Crippen LogP contribution is -2.47. The molecule has 10 heteroatoms. The first kappa shape index (κ1) is 26.6. The van der Waals surface area contributed by atoms with E-state index in [0.29, 0.717) is 10.9 Å². The van der Waals surface area contributed by atoms with Crippen LogP contribution in [0.25, 0.3) is 0 Å². The molecule has 2 heterocycles. The van der Waals surface area contributed by atoms with Gasteiger partial charge >= 0.3 is 0 Å². The third kappa shape index (κ3) is 6.52. The Balaban J connectivity index is 1.34. The van der Waals surface area contributed by atoms with Crippen LogP contribution in [0.5, 0.6) is 0 Å². The number of para-hydroxylation sites is 3. The van der Waals surface area contributed by atoms with Gasteiger partial charge < -0.3 is 5.32 Å². The molecule has 0 unspecified atom stereocenters. The highest BCUT2D eigenvalue weighted by atomic mass is 32.2. The Kier molecular flexibility index (Phi) is 8.33. The summed E-state index contributed by atoms with van der Waals surface area (Å²) in [7, 11) is 0. The summed E-state index contributed by atoms with van der Waals surface area (Å²) in [6.07, 6.45) is 1.48. The number of likely N-dealkylation sites (tertiary alicyclic amines) is 1. The largest absolute Gasteiger partial charge is 0.326 e. The molecule has 0 aromatic heterocycles. The normalized spacial score (nSPS) is 19.4. The molecule has 9 nitrogen and oxygen atoms in total. The first-order valence-electron chi connectivity index (χ1n) is 12.9. The summed E-state index contributed by atoms with van der Waals surface area (Å²) in [5.41, 5.74) is 1.97. The minimum atomic E-state index is -0.655. The van der Waals surface area contributed by atoms with Gasteiger partial charge in [-0.1, -0.05) is 72.4 Å². The number of nitrogens with zero attached hydrogens (tertiary/aromatic N) is 4. The molecule has 0 aliphatic carbocycles. The number of hydrogen-bond acceptors (Lipinski definition) is 7. The molecule has 2 aliphatic heterocycles. The minimum Gasteiger partial charge on any atom is -0.326 e. The van der Waals surface area contributed by atoms with Crippen molar-refractivity contribution in [2.24, 2.45) is 4.99 Å². The summed E-state index contributed by atoms with van der Waals surface area (Å²) < 4.78 is 0. The number of rotatable bonds is 8. The van der Waals surface area contributed by atoms with E-state index in [-0.39, 0.29) is 35.7 Å². The summed E-state index contributed by atoms with van der Waals surface area (Å²) in [6.45, 7) is 2.47. The highest BCUT2D eigenvalue weighted by molar-refractivity contribution is 8.15. The Bertz CT molecular complexity index is 1360. The Labute approximate surface area is 231 Å². The standard InChI is InChI=1S/C29H29N5O4S/c35-27(30-22-11-5-2-6-12-22)19-26-28(36)33(29(39-26)31-24-13-7-8-14-25(24)34(37)38)23-15-17-32(18-16-23)20-21-9-3-1-4-10-21/h1-14,23,26H,15-20H2,(H,30,35)/t26-/m0/s1. The molecular formula is C29H29N5O4S. The van der Waals surface area contributed by atoms with Crippen molar-refractivity contribution in [1.82, 2.24) is 9.80 Å². The van der Waals surface area contributed by atoms with Crippen LogP contribution in [0.15, 0.2) is 89.9 Å². The molecular weight excluding hydrogens is 514 g/mol. The van der Waals surface area contributed by atoms with Crippen LogP contribution in [0.2, 0.25) is 0 Å². The SMILES string of the molecule is O=C(C[C@@H]1SC(=Nc2ccccc2[N+](=O)[O-])N(C2CCN(Cc3ccccc3)CC2)C1=O)Nc1ccccc1. The lowest BCUT2D eigenvalue weighted by molar-refractivity contribution is -0.384. The summed E-state index contributed by atoms with van der Waals surface area (Å²) in [5.74, 6) is -0.446. The number of amidine groups is 1. The molecule has 1 atom stereocenters. The molecule has 200 valence electrons. The number of thioether (sulfide) groups is 1. The molecule has 1 N–H and O–H groups in total. The van der Waals surface area contributed by atoms with Gasteiger partial charge in [-0.3, -0.25) is 29.5 Å². The van der Waals surface area contributed by atoms with Crippen LogP contribution in [0.4, 0.5) is 17.1 Å². The van der Waals surface area contributed by atoms with Crippen molar-refractivity contribution in [3.8, 4) is 0 Å². The highest BCUT2D eigenvalue weighted by Gasteiger charge is 2.43. The maximum atomic E-state index is 13.7. The number of benzene rings is 3. The fourth-order valence-electron chi connectivity index (χ4n) is 4.92. The van der Waals surface area contributed by atoms with E-state index in [1.54, 1.807) is 35.2 Å². The van der Waals surface area contributed by atoms with E-state index in [2.05, 4.69) is 27.3 Å². The maximum absolute atomic E-state index is 13.7. The smallest absolute Gasteiger partial charge is 0.294 e. The molecule has 2 aliphatic rings. The first-order chi connectivity index (χ1) is 19.0. The number of nitro benzene ring substituents is 1. The highest BCUT2D eigenvalue weighted by Crippen LogP contribution is 2.37. The zero-order valence-corrected chi connectivity index (χ0v) is 22.1. The van der Waals surface area contributed by atoms with Crippen molar-refractivity contribution in [3.05, 3.63) is 101 Å². The van der Waals surface area contributed by atoms with Crippen molar-refractivity contribution < 1.29 is 14.5 Å². The number of anilines is 1. The lowest BCUT2D eigenvalue weighted by Gasteiger charge is -2.36. The molecule has 2 amide bonds. The predicted octanol–water partition coefficient (Wildman–Crippen LogP) is 5.22. The molecule has 3 aromatic carbocycles. The van der Waals surface area contributed by atoms with Crippen LogP contribution in [-0.2, 0) is 16.1 Å². The van der Waals surface area contributed by atoms with Crippen LogP contribution in [0.3, 0.4) is 0 Å². The monoisotopic (exact) mass is 543 g/mol. The summed E-state index contributed by atoms with van der Waals surface area (Å²) >= 11 is 1.21. The number of piperidine rings is 1. The third-order valence-corrected chi connectivity index (χ3v) is 8.01. The van der Waals surface area contributed by atoms with Crippen molar-refractivity contribution in [1.29, 1.82) is 0 Å². The topological polar surface area (TPSA) is 108 Å². The van der Waals surface area contributed by atoms with Gasteiger partial charge in [-0.2, -0.15) is 0 Å². The zero-order valence-electron chi connectivity index (χ0n) is 21.3. The molecule has 2 saturated heterocycles. The van der Waals surface area contributed by atoms with Crippen LogP contribution < -0.4 is 5.32 Å². The van der Waals surface area contributed by atoms with Crippen molar-refractivity contribution >= 4 is 45.8 Å². The number of nitro groups is 1. The van der Waals surface area contributed by atoms with Gasteiger partial charge in [0.25, 0.3) is 5.69 Å². The molecule has 0 bridgehead atoms. The van der Waals surface area contributed by atoms with Crippen LogP contribution in [0.1, 0.15) is 24.8 Å². The van der Waals surface area contributed by atoms with Gasteiger partial charge in [-0.25, -0.2) is 4.99 Å². The Morgan fingerprint density at radius 2 is 1.62 bits per heavy atom. The zero-order chi connectivity index (χ0) is 27.2. The molecule has 0 spiro atoms. The van der Waals surface area contributed by atoms with Crippen LogP contribution >= 0.6 is 11.8 Å². The first-order valence-corrected chi connectivity index (χ1v) is 13.8. The number of aliphatic imine (C=N–C) groups is 1. The summed E-state index contributed by atoms with van der Waals surface area (Å²) in [5, 5.41) is 14.2. The average Bonchev–Trinajstić information content (AvgIpc) is 3.24. The molecule has 3 aromatic rings. The maximum Gasteiger partial charge on any atom is 0.294 e. The second kappa shape index (κ2) is 12.2. The van der Waals surface area contributed by atoms with Gasteiger partial charge in [0.05, 0.1) is 4.92 Å². The second-order valence-electron chi connectivity index (χ2n) is 9.57. The van der Waals surface area contributed by atoms with E-state index in [9.17, 15) is 19.7 Å². The molecule has 39 heavy (non-hydrogen) atoms. The Hall–Kier alpha value is -4.02. The van der Waals surface area contributed by atoms with E-state index in [1.807, 2.05) is 36.4 Å². The van der Waals surface area contributed by atoms with E-state index in [1.165, 1.54) is 23.4 Å². The Morgan fingerprint density at radius 3 is 2.31 bits per heavy atom.